The molecule has 3 aromatic rings. The SMILES string of the molecule is CSc1ccc(N2C[C@H](c3nnc(NC(=O)c4ccccc4Br)o3)CC2=O)cc1. The number of rotatable bonds is 5. The molecular weight excluding hydrogens is 456 g/mol. The minimum absolute atomic E-state index is 0.00361. The summed E-state index contributed by atoms with van der Waals surface area (Å²) in [4.78, 5) is 27.7. The molecule has 1 atom stereocenters. The highest BCUT2D eigenvalue weighted by atomic mass is 79.9. The second-order valence-electron chi connectivity index (χ2n) is 6.48. The largest absolute Gasteiger partial charge is 0.407 e. The topological polar surface area (TPSA) is 88.3 Å². The van der Waals surface area contributed by atoms with Gasteiger partial charge in [-0.3, -0.25) is 14.9 Å². The van der Waals surface area contributed by atoms with Crippen molar-refractivity contribution in [2.75, 3.05) is 23.0 Å². The smallest absolute Gasteiger partial charge is 0.322 e. The zero-order valence-corrected chi connectivity index (χ0v) is 17.9. The third-order valence-electron chi connectivity index (χ3n) is 4.64. The zero-order chi connectivity index (χ0) is 20.4. The maximum atomic E-state index is 12.5. The van der Waals surface area contributed by atoms with Gasteiger partial charge in [0, 0.05) is 28.0 Å². The summed E-state index contributed by atoms with van der Waals surface area (Å²) in [5, 5.41) is 10.5. The molecule has 1 N–H and O–H groups in total. The molecule has 2 amide bonds. The Morgan fingerprint density at radius 2 is 1.97 bits per heavy atom. The summed E-state index contributed by atoms with van der Waals surface area (Å²) in [5.74, 6) is -0.233. The molecule has 0 saturated carbocycles. The molecular formula is C20H17BrN4O3S. The molecule has 1 fully saturated rings. The maximum absolute atomic E-state index is 12.5. The Hall–Kier alpha value is -2.65. The predicted molar refractivity (Wildman–Crippen MR) is 114 cm³/mol. The van der Waals surface area contributed by atoms with Gasteiger partial charge in [-0.15, -0.1) is 16.9 Å². The lowest BCUT2D eigenvalue weighted by Gasteiger charge is -2.16. The van der Waals surface area contributed by atoms with Gasteiger partial charge in [0.15, 0.2) is 0 Å². The second kappa shape index (κ2) is 8.38. The number of carbonyl (C=O) groups is 2. The summed E-state index contributed by atoms with van der Waals surface area (Å²) < 4.78 is 6.29. The van der Waals surface area contributed by atoms with E-state index in [9.17, 15) is 9.59 Å². The highest BCUT2D eigenvalue weighted by molar-refractivity contribution is 9.10. The Morgan fingerprint density at radius 3 is 2.69 bits per heavy atom. The Morgan fingerprint density at radius 1 is 1.21 bits per heavy atom. The van der Waals surface area contributed by atoms with Crippen molar-refractivity contribution in [3.63, 3.8) is 0 Å². The molecule has 1 saturated heterocycles. The Kier molecular flexibility index (Phi) is 5.68. The van der Waals surface area contributed by atoms with Crippen LogP contribution in [0.3, 0.4) is 0 Å². The molecule has 2 aromatic carbocycles. The van der Waals surface area contributed by atoms with Gasteiger partial charge in [0.05, 0.1) is 11.5 Å². The number of hydrogen-bond donors (Lipinski definition) is 1. The molecule has 0 spiro atoms. The molecule has 0 aliphatic carbocycles. The van der Waals surface area contributed by atoms with E-state index < -0.39 is 0 Å². The molecule has 4 rings (SSSR count). The lowest BCUT2D eigenvalue weighted by atomic mass is 10.1. The fourth-order valence-electron chi connectivity index (χ4n) is 3.14. The Bertz CT molecular complexity index is 1050. The van der Waals surface area contributed by atoms with Crippen molar-refractivity contribution in [2.45, 2.75) is 17.2 Å². The number of thioether (sulfide) groups is 1. The van der Waals surface area contributed by atoms with Crippen LogP contribution in [0.4, 0.5) is 11.7 Å². The van der Waals surface area contributed by atoms with E-state index >= 15 is 0 Å². The lowest BCUT2D eigenvalue weighted by Crippen LogP contribution is -2.24. The van der Waals surface area contributed by atoms with Gasteiger partial charge in [-0.05, 0) is 58.6 Å². The molecule has 1 aliphatic rings. The van der Waals surface area contributed by atoms with E-state index in [0.29, 0.717) is 22.5 Å². The lowest BCUT2D eigenvalue weighted by molar-refractivity contribution is -0.117. The van der Waals surface area contributed by atoms with Gasteiger partial charge >= 0.3 is 6.01 Å². The average molecular weight is 473 g/mol. The van der Waals surface area contributed by atoms with Crippen molar-refractivity contribution >= 4 is 51.2 Å². The van der Waals surface area contributed by atoms with Crippen LogP contribution >= 0.6 is 27.7 Å². The molecule has 0 radical (unpaired) electrons. The van der Waals surface area contributed by atoms with Crippen molar-refractivity contribution in [3.8, 4) is 0 Å². The number of benzene rings is 2. The summed E-state index contributed by atoms with van der Waals surface area (Å²) in [6, 6.07) is 14.9. The van der Waals surface area contributed by atoms with Gasteiger partial charge in [0.1, 0.15) is 0 Å². The standard InChI is InChI=1S/C20H17BrN4O3S/c1-29-14-8-6-13(7-9-14)25-11-12(10-17(25)26)19-23-24-20(28-19)22-18(27)15-4-2-3-5-16(15)21/h2-9,12H,10-11H2,1H3,(H,22,24,27)/t12-/m1/s1. The van der Waals surface area contributed by atoms with Crippen LogP contribution in [0.25, 0.3) is 0 Å². The van der Waals surface area contributed by atoms with Crippen LogP contribution in [0.2, 0.25) is 0 Å². The van der Waals surface area contributed by atoms with Crippen molar-refractivity contribution in [1.29, 1.82) is 0 Å². The quantitative estimate of drug-likeness (QED) is 0.556. The van der Waals surface area contributed by atoms with E-state index in [1.54, 1.807) is 34.9 Å². The number of aromatic nitrogens is 2. The molecule has 1 aliphatic heterocycles. The number of halogens is 1. The van der Waals surface area contributed by atoms with Crippen LogP contribution in [0.5, 0.6) is 0 Å². The summed E-state index contributed by atoms with van der Waals surface area (Å²) in [5.41, 5.74) is 1.31. The molecule has 9 heteroatoms. The van der Waals surface area contributed by atoms with Crippen LogP contribution in [0.1, 0.15) is 28.6 Å². The molecule has 0 bridgehead atoms. The third kappa shape index (κ3) is 4.20. The third-order valence-corrected chi connectivity index (χ3v) is 6.07. The van der Waals surface area contributed by atoms with Gasteiger partial charge in [0.2, 0.25) is 11.8 Å². The van der Waals surface area contributed by atoms with E-state index in [0.717, 1.165) is 10.6 Å². The number of anilines is 2. The van der Waals surface area contributed by atoms with Crippen molar-refractivity contribution in [2.24, 2.45) is 0 Å². The second-order valence-corrected chi connectivity index (χ2v) is 8.22. The van der Waals surface area contributed by atoms with Gasteiger partial charge in [0.25, 0.3) is 5.91 Å². The number of nitrogens with one attached hydrogen (secondary N) is 1. The van der Waals surface area contributed by atoms with Gasteiger partial charge in [-0.25, -0.2) is 0 Å². The highest BCUT2D eigenvalue weighted by Crippen LogP contribution is 2.32. The predicted octanol–water partition coefficient (Wildman–Crippen LogP) is 4.33. The fraction of sp³-hybridized carbons (Fsp3) is 0.200. The molecule has 1 aromatic heterocycles. The first kappa shape index (κ1) is 19.7. The van der Waals surface area contributed by atoms with Crippen LogP contribution in [-0.2, 0) is 4.79 Å². The first-order valence-corrected chi connectivity index (χ1v) is 10.9. The van der Waals surface area contributed by atoms with Crippen LogP contribution in [-0.4, -0.2) is 34.8 Å². The van der Waals surface area contributed by atoms with Crippen molar-refractivity contribution < 1.29 is 14.0 Å². The van der Waals surface area contributed by atoms with E-state index in [2.05, 4.69) is 31.4 Å². The summed E-state index contributed by atoms with van der Waals surface area (Å²) >= 11 is 4.99. The van der Waals surface area contributed by atoms with E-state index in [1.165, 1.54) is 0 Å². The molecule has 7 nitrogen and oxygen atoms in total. The number of carbonyl (C=O) groups excluding carboxylic acids is 2. The Labute approximate surface area is 180 Å². The molecule has 29 heavy (non-hydrogen) atoms. The molecule has 2 heterocycles. The van der Waals surface area contributed by atoms with Crippen LogP contribution in [0, 0.1) is 0 Å². The molecule has 0 unspecified atom stereocenters. The van der Waals surface area contributed by atoms with Crippen molar-refractivity contribution in [3.05, 3.63) is 64.5 Å². The summed E-state index contributed by atoms with van der Waals surface area (Å²) in [7, 11) is 0. The first-order chi connectivity index (χ1) is 14.0. The number of hydrogen-bond acceptors (Lipinski definition) is 6. The van der Waals surface area contributed by atoms with Crippen LogP contribution < -0.4 is 10.2 Å². The van der Waals surface area contributed by atoms with Gasteiger partial charge in [-0.2, -0.15) is 0 Å². The maximum Gasteiger partial charge on any atom is 0.322 e. The van der Waals surface area contributed by atoms with E-state index in [-0.39, 0.29) is 30.2 Å². The highest BCUT2D eigenvalue weighted by Gasteiger charge is 2.35. The first-order valence-electron chi connectivity index (χ1n) is 8.89. The van der Waals surface area contributed by atoms with Gasteiger partial charge in [-0.1, -0.05) is 17.2 Å². The Balaban J connectivity index is 1.45. The fourth-order valence-corrected chi connectivity index (χ4v) is 4.02. The van der Waals surface area contributed by atoms with E-state index in [4.69, 9.17) is 4.42 Å². The minimum atomic E-state index is -0.356. The minimum Gasteiger partial charge on any atom is -0.407 e. The number of nitrogens with zero attached hydrogens (tertiary/aromatic N) is 3. The summed E-state index contributed by atoms with van der Waals surface area (Å²) in [6.45, 7) is 0.456. The molecule has 148 valence electrons. The normalized spacial score (nSPS) is 16.3. The monoisotopic (exact) mass is 472 g/mol. The van der Waals surface area contributed by atoms with Crippen LogP contribution in [0.15, 0.2) is 62.3 Å². The zero-order valence-electron chi connectivity index (χ0n) is 15.5. The average Bonchev–Trinajstić information content (AvgIpc) is 3.35. The van der Waals surface area contributed by atoms with E-state index in [1.807, 2.05) is 36.6 Å². The van der Waals surface area contributed by atoms with Crippen molar-refractivity contribution in [1.82, 2.24) is 10.2 Å². The summed E-state index contributed by atoms with van der Waals surface area (Å²) in [6.07, 6.45) is 2.29. The number of amides is 2. The van der Waals surface area contributed by atoms with Gasteiger partial charge < -0.3 is 9.32 Å².